The molecule has 0 aromatic heterocycles. The Kier molecular flexibility index (Phi) is 6.43. The number of carbonyl (C=O) groups excluding carboxylic acids is 2. The van der Waals surface area contributed by atoms with Crippen molar-refractivity contribution in [2.45, 2.75) is 19.8 Å². The van der Waals surface area contributed by atoms with Gasteiger partial charge in [-0.15, -0.1) is 0 Å². The predicted molar refractivity (Wildman–Crippen MR) is 108 cm³/mol. The van der Waals surface area contributed by atoms with Crippen LogP contribution in [0.1, 0.15) is 30.1 Å². The number of nitrogens with zero attached hydrogens (tertiary/aromatic N) is 2. The summed E-state index contributed by atoms with van der Waals surface area (Å²) in [6, 6.07) is 13.4. The van der Waals surface area contributed by atoms with Crippen molar-refractivity contribution in [1.29, 1.82) is 0 Å². The Bertz CT molecular complexity index is 900. The third-order valence-corrected chi connectivity index (χ3v) is 4.82. The summed E-state index contributed by atoms with van der Waals surface area (Å²) in [5, 5.41) is 14.2. The number of amides is 2. The molecule has 1 aliphatic heterocycles. The average molecular weight is 397 g/mol. The zero-order valence-electron chi connectivity index (χ0n) is 16.2. The van der Waals surface area contributed by atoms with E-state index < -0.39 is 4.92 Å². The van der Waals surface area contributed by atoms with Gasteiger partial charge in [0.1, 0.15) is 0 Å². The van der Waals surface area contributed by atoms with Gasteiger partial charge in [0.15, 0.2) is 5.75 Å². The SMILES string of the molecule is CCOc1ccc(C(=O)N2CCCC(C(=O)Nc3ccccc3)C2)cc1[N+](=O)[O-]. The molecule has 1 unspecified atom stereocenters. The van der Waals surface area contributed by atoms with Crippen molar-refractivity contribution in [2.24, 2.45) is 5.92 Å². The molecule has 2 aromatic rings. The maximum absolute atomic E-state index is 12.9. The lowest BCUT2D eigenvalue weighted by atomic mass is 9.96. The minimum Gasteiger partial charge on any atom is -0.487 e. The zero-order valence-corrected chi connectivity index (χ0v) is 16.2. The van der Waals surface area contributed by atoms with E-state index in [0.717, 1.165) is 0 Å². The van der Waals surface area contributed by atoms with Crippen LogP contribution in [-0.4, -0.2) is 41.3 Å². The van der Waals surface area contributed by atoms with Crippen LogP contribution in [0.15, 0.2) is 48.5 Å². The first kappa shape index (κ1) is 20.3. The molecular formula is C21H23N3O5. The van der Waals surface area contributed by atoms with Crippen molar-refractivity contribution in [3.8, 4) is 5.75 Å². The third kappa shape index (κ3) is 4.90. The fraction of sp³-hybridized carbons (Fsp3) is 0.333. The van der Waals surface area contributed by atoms with Gasteiger partial charge in [-0.2, -0.15) is 0 Å². The van der Waals surface area contributed by atoms with E-state index in [1.807, 2.05) is 30.3 Å². The molecule has 2 aromatic carbocycles. The lowest BCUT2D eigenvalue weighted by Gasteiger charge is -2.32. The van der Waals surface area contributed by atoms with Gasteiger partial charge in [0.05, 0.1) is 17.4 Å². The van der Waals surface area contributed by atoms with Gasteiger partial charge in [0.25, 0.3) is 5.91 Å². The largest absolute Gasteiger partial charge is 0.487 e. The van der Waals surface area contributed by atoms with Crippen LogP contribution in [0.3, 0.4) is 0 Å². The van der Waals surface area contributed by atoms with Gasteiger partial charge in [0, 0.05) is 30.4 Å². The first-order valence-corrected chi connectivity index (χ1v) is 9.56. The van der Waals surface area contributed by atoms with Crippen LogP contribution in [0.4, 0.5) is 11.4 Å². The molecule has 1 heterocycles. The topological polar surface area (TPSA) is 102 Å². The molecule has 1 atom stereocenters. The Balaban J connectivity index is 1.71. The molecule has 1 saturated heterocycles. The number of nitro benzene ring substituents is 1. The highest BCUT2D eigenvalue weighted by Crippen LogP contribution is 2.29. The number of anilines is 1. The average Bonchev–Trinajstić information content (AvgIpc) is 2.74. The van der Waals surface area contributed by atoms with E-state index in [0.29, 0.717) is 31.7 Å². The van der Waals surface area contributed by atoms with Crippen LogP contribution in [0.5, 0.6) is 5.75 Å². The van der Waals surface area contributed by atoms with Gasteiger partial charge in [-0.3, -0.25) is 19.7 Å². The van der Waals surface area contributed by atoms with Gasteiger partial charge in [-0.1, -0.05) is 18.2 Å². The summed E-state index contributed by atoms with van der Waals surface area (Å²) in [5.74, 6) is -0.655. The van der Waals surface area contributed by atoms with Crippen molar-refractivity contribution < 1.29 is 19.2 Å². The number of piperidine rings is 1. The number of carbonyl (C=O) groups is 2. The number of nitrogens with one attached hydrogen (secondary N) is 1. The summed E-state index contributed by atoms with van der Waals surface area (Å²) >= 11 is 0. The molecule has 8 nitrogen and oxygen atoms in total. The second-order valence-electron chi connectivity index (χ2n) is 6.82. The number of nitro groups is 1. The first-order valence-electron chi connectivity index (χ1n) is 9.56. The van der Waals surface area contributed by atoms with Gasteiger partial charge < -0.3 is 15.0 Å². The Hall–Kier alpha value is -3.42. The lowest BCUT2D eigenvalue weighted by Crippen LogP contribution is -2.43. The van der Waals surface area contributed by atoms with E-state index >= 15 is 0 Å². The fourth-order valence-electron chi connectivity index (χ4n) is 3.39. The molecule has 0 radical (unpaired) electrons. The molecule has 0 bridgehead atoms. The molecule has 2 amide bonds. The van der Waals surface area contributed by atoms with E-state index in [2.05, 4.69) is 5.32 Å². The number of benzene rings is 2. The third-order valence-electron chi connectivity index (χ3n) is 4.82. The maximum Gasteiger partial charge on any atom is 0.311 e. The zero-order chi connectivity index (χ0) is 20.8. The molecule has 0 spiro atoms. The highest BCUT2D eigenvalue weighted by atomic mass is 16.6. The quantitative estimate of drug-likeness (QED) is 0.594. The molecule has 8 heteroatoms. The van der Waals surface area contributed by atoms with Crippen molar-refractivity contribution in [1.82, 2.24) is 4.90 Å². The van der Waals surface area contributed by atoms with E-state index in [9.17, 15) is 19.7 Å². The standard InChI is InChI=1S/C21H23N3O5/c1-2-29-19-11-10-15(13-18(19)24(27)28)21(26)23-12-6-7-16(14-23)20(25)22-17-8-4-3-5-9-17/h3-5,8-11,13,16H,2,6-7,12,14H2,1H3,(H,22,25). The number of hydrogen-bond acceptors (Lipinski definition) is 5. The smallest absolute Gasteiger partial charge is 0.311 e. The molecule has 0 saturated carbocycles. The van der Waals surface area contributed by atoms with E-state index in [-0.39, 0.29) is 41.3 Å². The lowest BCUT2D eigenvalue weighted by molar-refractivity contribution is -0.385. The minimum atomic E-state index is -0.561. The van der Waals surface area contributed by atoms with Gasteiger partial charge in [-0.25, -0.2) is 0 Å². The van der Waals surface area contributed by atoms with Crippen LogP contribution < -0.4 is 10.1 Å². The summed E-state index contributed by atoms with van der Waals surface area (Å²) in [6.45, 7) is 2.81. The maximum atomic E-state index is 12.9. The summed E-state index contributed by atoms with van der Waals surface area (Å²) in [6.07, 6.45) is 1.38. The Morgan fingerprint density at radius 3 is 2.69 bits per heavy atom. The minimum absolute atomic E-state index is 0.132. The summed E-state index contributed by atoms with van der Waals surface area (Å²) < 4.78 is 5.26. The number of hydrogen-bond donors (Lipinski definition) is 1. The van der Waals surface area contributed by atoms with E-state index in [4.69, 9.17) is 4.74 Å². The molecule has 1 fully saturated rings. The number of likely N-dealkylation sites (tertiary alicyclic amines) is 1. The molecule has 0 aliphatic carbocycles. The van der Waals surface area contributed by atoms with Crippen molar-refractivity contribution >= 4 is 23.2 Å². The van der Waals surface area contributed by atoms with Crippen molar-refractivity contribution in [3.05, 3.63) is 64.2 Å². The van der Waals surface area contributed by atoms with Crippen LogP contribution >= 0.6 is 0 Å². The highest BCUT2D eigenvalue weighted by molar-refractivity contribution is 5.97. The van der Waals surface area contributed by atoms with Crippen LogP contribution in [0.2, 0.25) is 0 Å². The second-order valence-corrected chi connectivity index (χ2v) is 6.82. The number of para-hydroxylation sites is 1. The molecule has 1 aliphatic rings. The van der Waals surface area contributed by atoms with Crippen LogP contribution in [0.25, 0.3) is 0 Å². The Morgan fingerprint density at radius 2 is 2.00 bits per heavy atom. The molecular weight excluding hydrogens is 374 g/mol. The molecule has 1 N–H and O–H groups in total. The van der Waals surface area contributed by atoms with Crippen LogP contribution in [0, 0.1) is 16.0 Å². The Labute approximate surface area is 168 Å². The normalized spacial score (nSPS) is 16.2. The molecule has 152 valence electrons. The van der Waals surface area contributed by atoms with Crippen molar-refractivity contribution in [3.63, 3.8) is 0 Å². The highest BCUT2D eigenvalue weighted by Gasteiger charge is 2.30. The van der Waals surface area contributed by atoms with Gasteiger partial charge in [0.2, 0.25) is 5.91 Å². The monoisotopic (exact) mass is 397 g/mol. The van der Waals surface area contributed by atoms with Crippen LogP contribution in [-0.2, 0) is 4.79 Å². The van der Waals surface area contributed by atoms with E-state index in [1.54, 1.807) is 11.8 Å². The number of ether oxygens (including phenoxy) is 1. The summed E-state index contributed by atoms with van der Waals surface area (Å²) in [5.41, 5.74) is 0.681. The summed E-state index contributed by atoms with van der Waals surface area (Å²) in [4.78, 5) is 37.8. The summed E-state index contributed by atoms with van der Waals surface area (Å²) in [7, 11) is 0. The molecule has 29 heavy (non-hydrogen) atoms. The van der Waals surface area contributed by atoms with Gasteiger partial charge in [-0.05, 0) is 44.0 Å². The second kappa shape index (κ2) is 9.18. The molecule has 3 rings (SSSR count). The first-order chi connectivity index (χ1) is 14.0. The van der Waals surface area contributed by atoms with Gasteiger partial charge >= 0.3 is 5.69 Å². The Morgan fingerprint density at radius 1 is 1.24 bits per heavy atom. The van der Waals surface area contributed by atoms with Crippen molar-refractivity contribution in [2.75, 3.05) is 25.0 Å². The predicted octanol–water partition coefficient (Wildman–Crippen LogP) is 3.48. The fourth-order valence-corrected chi connectivity index (χ4v) is 3.39. The van der Waals surface area contributed by atoms with E-state index in [1.165, 1.54) is 18.2 Å². The number of rotatable bonds is 6.